The zero-order chi connectivity index (χ0) is 16.0. The molecule has 0 aliphatic heterocycles. The van der Waals surface area contributed by atoms with Crippen LogP contribution in [-0.4, -0.2) is 30.2 Å². The maximum atomic E-state index is 13.0. The van der Waals surface area contributed by atoms with Crippen molar-refractivity contribution in [1.82, 2.24) is 10.6 Å². The standard InChI is InChI=1S/C16H21FN2O3/c17-13-6-4-12(5-7-13)16(8-2-9-16)11-19-15(22)18-10-1-3-14(20)21/h4-7H,1-3,8-11H2,(H,20,21)(H2,18,19,22). The Hall–Kier alpha value is -2.11. The first-order chi connectivity index (χ1) is 10.5. The van der Waals surface area contributed by atoms with E-state index < -0.39 is 5.97 Å². The molecule has 3 N–H and O–H groups in total. The quantitative estimate of drug-likeness (QED) is 0.677. The number of carboxylic acids is 1. The lowest BCUT2D eigenvalue weighted by molar-refractivity contribution is -0.137. The second-order valence-electron chi connectivity index (χ2n) is 5.75. The van der Waals surface area contributed by atoms with Crippen molar-refractivity contribution in [3.63, 3.8) is 0 Å². The SMILES string of the molecule is O=C(O)CCCNC(=O)NCC1(c2ccc(F)cc2)CCC1. The van der Waals surface area contributed by atoms with Gasteiger partial charge in [0.2, 0.25) is 0 Å². The predicted molar refractivity (Wildman–Crippen MR) is 80.2 cm³/mol. The number of hydrogen-bond donors (Lipinski definition) is 3. The number of rotatable bonds is 7. The summed E-state index contributed by atoms with van der Waals surface area (Å²) in [6, 6.07) is 6.16. The molecule has 0 radical (unpaired) electrons. The average Bonchev–Trinajstić information content (AvgIpc) is 2.44. The molecule has 0 atom stereocenters. The number of benzene rings is 1. The Morgan fingerprint density at radius 3 is 2.41 bits per heavy atom. The van der Waals surface area contributed by atoms with E-state index in [9.17, 15) is 14.0 Å². The highest BCUT2D eigenvalue weighted by molar-refractivity contribution is 5.74. The van der Waals surface area contributed by atoms with E-state index in [4.69, 9.17) is 5.11 Å². The van der Waals surface area contributed by atoms with Crippen LogP contribution in [0.4, 0.5) is 9.18 Å². The van der Waals surface area contributed by atoms with Crippen LogP contribution in [0.3, 0.4) is 0 Å². The smallest absolute Gasteiger partial charge is 0.314 e. The van der Waals surface area contributed by atoms with Crippen LogP contribution >= 0.6 is 0 Å². The van der Waals surface area contributed by atoms with Gasteiger partial charge in [-0.3, -0.25) is 4.79 Å². The van der Waals surface area contributed by atoms with Gasteiger partial charge in [-0.15, -0.1) is 0 Å². The van der Waals surface area contributed by atoms with Crippen molar-refractivity contribution in [2.75, 3.05) is 13.1 Å². The first-order valence-electron chi connectivity index (χ1n) is 7.51. The Morgan fingerprint density at radius 1 is 1.18 bits per heavy atom. The van der Waals surface area contributed by atoms with E-state index in [-0.39, 0.29) is 23.7 Å². The lowest BCUT2D eigenvalue weighted by Crippen LogP contribution is -2.48. The van der Waals surface area contributed by atoms with Crippen molar-refractivity contribution >= 4 is 12.0 Å². The Balaban J connectivity index is 1.80. The molecule has 0 aromatic heterocycles. The van der Waals surface area contributed by atoms with Gasteiger partial charge in [0.15, 0.2) is 0 Å². The Labute approximate surface area is 128 Å². The molecular formula is C16H21FN2O3. The van der Waals surface area contributed by atoms with E-state index in [0.29, 0.717) is 19.5 Å². The third-order valence-corrected chi connectivity index (χ3v) is 4.21. The predicted octanol–water partition coefficient (Wildman–Crippen LogP) is 2.41. The second-order valence-corrected chi connectivity index (χ2v) is 5.75. The fraction of sp³-hybridized carbons (Fsp3) is 0.500. The number of carbonyl (C=O) groups is 2. The summed E-state index contributed by atoms with van der Waals surface area (Å²) in [6.07, 6.45) is 3.49. The molecule has 1 fully saturated rings. The Morgan fingerprint density at radius 2 is 1.86 bits per heavy atom. The average molecular weight is 308 g/mol. The van der Waals surface area contributed by atoms with Gasteiger partial charge in [0.25, 0.3) is 0 Å². The maximum absolute atomic E-state index is 13.0. The molecular weight excluding hydrogens is 287 g/mol. The van der Waals surface area contributed by atoms with Gasteiger partial charge in [0.05, 0.1) is 0 Å². The lowest BCUT2D eigenvalue weighted by atomic mass is 9.64. The van der Waals surface area contributed by atoms with Gasteiger partial charge < -0.3 is 15.7 Å². The Bertz CT molecular complexity index is 527. The van der Waals surface area contributed by atoms with Crippen LogP contribution in [0.25, 0.3) is 0 Å². The first-order valence-corrected chi connectivity index (χ1v) is 7.51. The Kier molecular flexibility index (Phi) is 5.35. The third kappa shape index (κ3) is 4.19. The van der Waals surface area contributed by atoms with Crippen LogP contribution in [0.5, 0.6) is 0 Å². The number of amides is 2. The summed E-state index contributed by atoms with van der Waals surface area (Å²) >= 11 is 0. The van der Waals surface area contributed by atoms with E-state index in [1.165, 1.54) is 12.1 Å². The number of nitrogens with one attached hydrogen (secondary N) is 2. The zero-order valence-corrected chi connectivity index (χ0v) is 12.4. The van der Waals surface area contributed by atoms with Crippen molar-refractivity contribution < 1.29 is 19.1 Å². The number of halogens is 1. The lowest BCUT2D eigenvalue weighted by Gasteiger charge is -2.42. The summed E-state index contributed by atoms with van der Waals surface area (Å²) in [6.45, 7) is 0.838. The molecule has 0 saturated heterocycles. The molecule has 2 rings (SSSR count). The van der Waals surface area contributed by atoms with Crippen molar-refractivity contribution in [3.8, 4) is 0 Å². The van der Waals surface area contributed by atoms with E-state index >= 15 is 0 Å². The van der Waals surface area contributed by atoms with Gasteiger partial charge in [-0.2, -0.15) is 0 Å². The molecule has 6 heteroatoms. The molecule has 0 bridgehead atoms. The van der Waals surface area contributed by atoms with Crippen LogP contribution in [0.15, 0.2) is 24.3 Å². The summed E-state index contributed by atoms with van der Waals surface area (Å²) in [5.41, 5.74) is 0.942. The summed E-state index contributed by atoms with van der Waals surface area (Å²) in [7, 11) is 0. The molecule has 2 amide bonds. The van der Waals surface area contributed by atoms with Crippen molar-refractivity contribution in [2.45, 2.75) is 37.5 Å². The minimum Gasteiger partial charge on any atom is -0.481 e. The van der Waals surface area contributed by atoms with Crippen LogP contribution in [0, 0.1) is 5.82 Å². The van der Waals surface area contributed by atoms with E-state index in [2.05, 4.69) is 10.6 Å². The second kappa shape index (κ2) is 7.24. The minimum absolute atomic E-state index is 0.0415. The van der Waals surface area contributed by atoms with Crippen LogP contribution in [-0.2, 0) is 10.2 Å². The maximum Gasteiger partial charge on any atom is 0.314 e. The van der Waals surface area contributed by atoms with Crippen LogP contribution in [0.1, 0.15) is 37.7 Å². The van der Waals surface area contributed by atoms with E-state index in [1.54, 1.807) is 12.1 Å². The molecule has 0 spiro atoms. The van der Waals surface area contributed by atoms with Gasteiger partial charge in [0, 0.05) is 24.9 Å². The number of hydrogen-bond acceptors (Lipinski definition) is 2. The highest BCUT2D eigenvalue weighted by Crippen LogP contribution is 2.43. The van der Waals surface area contributed by atoms with Gasteiger partial charge >= 0.3 is 12.0 Å². The van der Waals surface area contributed by atoms with E-state index in [0.717, 1.165) is 24.8 Å². The van der Waals surface area contributed by atoms with Crippen molar-refractivity contribution in [1.29, 1.82) is 0 Å². The number of carbonyl (C=O) groups excluding carboxylic acids is 1. The van der Waals surface area contributed by atoms with E-state index in [1.807, 2.05) is 0 Å². The first kappa shape index (κ1) is 16.3. The molecule has 1 aliphatic carbocycles. The largest absolute Gasteiger partial charge is 0.481 e. The van der Waals surface area contributed by atoms with Crippen molar-refractivity contribution in [2.24, 2.45) is 0 Å². The molecule has 120 valence electrons. The summed E-state index contributed by atoms with van der Waals surface area (Å²) in [5.74, 6) is -1.13. The third-order valence-electron chi connectivity index (χ3n) is 4.21. The molecule has 1 aromatic carbocycles. The minimum atomic E-state index is -0.869. The van der Waals surface area contributed by atoms with Gasteiger partial charge in [-0.05, 0) is 37.0 Å². The summed E-state index contributed by atoms with van der Waals surface area (Å²) < 4.78 is 13.0. The fourth-order valence-corrected chi connectivity index (χ4v) is 2.73. The van der Waals surface area contributed by atoms with Gasteiger partial charge in [0.1, 0.15) is 5.82 Å². The molecule has 0 heterocycles. The molecule has 0 unspecified atom stereocenters. The number of urea groups is 1. The van der Waals surface area contributed by atoms with Gasteiger partial charge in [-0.1, -0.05) is 18.6 Å². The highest BCUT2D eigenvalue weighted by atomic mass is 19.1. The topological polar surface area (TPSA) is 78.4 Å². The molecule has 1 saturated carbocycles. The molecule has 5 nitrogen and oxygen atoms in total. The molecule has 1 aromatic rings. The number of carboxylic acid groups (broad SMARTS) is 1. The van der Waals surface area contributed by atoms with Crippen LogP contribution in [0.2, 0.25) is 0 Å². The monoisotopic (exact) mass is 308 g/mol. The zero-order valence-electron chi connectivity index (χ0n) is 12.4. The summed E-state index contributed by atoms with van der Waals surface area (Å²) in [5, 5.41) is 14.0. The molecule has 1 aliphatic rings. The van der Waals surface area contributed by atoms with Crippen molar-refractivity contribution in [3.05, 3.63) is 35.6 Å². The van der Waals surface area contributed by atoms with Crippen LogP contribution < -0.4 is 10.6 Å². The summed E-state index contributed by atoms with van der Waals surface area (Å²) in [4.78, 5) is 22.1. The highest BCUT2D eigenvalue weighted by Gasteiger charge is 2.38. The number of aliphatic carboxylic acids is 1. The van der Waals surface area contributed by atoms with Gasteiger partial charge in [-0.25, -0.2) is 9.18 Å². The fourth-order valence-electron chi connectivity index (χ4n) is 2.73. The normalized spacial score (nSPS) is 15.7. The molecule has 22 heavy (non-hydrogen) atoms.